The van der Waals surface area contributed by atoms with E-state index in [4.69, 9.17) is 4.74 Å². The van der Waals surface area contributed by atoms with E-state index < -0.39 is 12.6 Å². The fourth-order valence-electron chi connectivity index (χ4n) is 1.43. The third kappa shape index (κ3) is 8.69. The second-order valence-electron chi connectivity index (χ2n) is 3.69. The van der Waals surface area contributed by atoms with Crippen LogP contribution in [0.3, 0.4) is 0 Å². The van der Waals surface area contributed by atoms with Crippen LogP contribution in [0.5, 0.6) is 0 Å². The van der Waals surface area contributed by atoms with Crippen LogP contribution < -0.4 is 5.32 Å². The van der Waals surface area contributed by atoms with Gasteiger partial charge in [-0.15, -0.1) is 0 Å². The maximum Gasteiger partial charge on any atom is 0.389 e. The van der Waals surface area contributed by atoms with Crippen molar-refractivity contribution in [1.82, 2.24) is 5.32 Å². The van der Waals surface area contributed by atoms with Gasteiger partial charge in [0.25, 0.3) is 0 Å². The van der Waals surface area contributed by atoms with Crippen LogP contribution in [0.15, 0.2) is 0 Å². The van der Waals surface area contributed by atoms with E-state index in [-0.39, 0.29) is 18.6 Å². The number of rotatable bonds is 7. The maximum atomic E-state index is 12.0. The lowest BCUT2D eigenvalue weighted by atomic mass is 10.0. The Morgan fingerprint density at radius 1 is 1.33 bits per heavy atom. The molecule has 1 N–H and O–H groups in total. The highest BCUT2D eigenvalue weighted by Gasteiger charge is 2.28. The molecule has 5 heteroatoms. The van der Waals surface area contributed by atoms with Gasteiger partial charge < -0.3 is 10.1 Å². The molecule has 92 valence electrons. The van der Waals surface area contributed by atoms with Crippen molar-refractivity contribution in [2.45, 2.75) is 51.4 Å². The van der Waals surface area contributed by atoms with Crippen molar-refractivity contribution in [1.29, 1.82) is 0 Å². The highest BCUT2D eigenvalue weighted by atomic mass is 19.4. The van der Waals surface area contributed by atoms with E-state index in [0.717, 1.165) is 0 Å². The largest absolute Gasteiger partial charge is 0.389 e. The van der Waals surface area contributed by atoms with Crippen molar-refractivity contribution < 1.29 is 17.9 Å². The molecule has 0 radical (unpaired) electrons. The first-order valence-corrected chi connectivity index (χ1v) is 5.22. The van der Waals surface area contributed by atoms with Gasteiger partial charge >= 0.3 is 6.18 Å². The Hall–Kier alpha value is -0.290. The molecule has 2 unspecified atom stereocenters. The normalized spacial score (nSPS) is 16.4. The minimum absolute atomic E-state index is 0.0118. The third-order valence-corrected chi connectivity index (χ3v) is 2.29. The predicted octanol–water partition coefficient (Wildman–Crippen LogP) is 2.73. The minimum Gasteiger partial charge on any atom is -0.382 e. The molecule has 0 aliphatic heterocycles. The van der Waals surface area contributed by atoms with E-state index >= 15 is 0 Å². The summed E-state index contributed by atoms with van der Waals surface area (Å²) in [6.45, 7) is 4.43. The van der Waals surface area contributed by atoms with Crippen LogP contribution in [0.4, 0.5) is 13.2 Å². The van der Waals surface area contributed by atoms with Gasteiger partial charge in [0.05, 0.1) is 6.10 Å². The number of hydrogen-bond donors (Lipinski definition) is 1. The Morgan fingerprint density at radius 2 is 1.93 bits per heavy atom. The van der Waals surface area contributed by atoms with Crippen LogP contribution in [-0.4, -0.2) is 32.0 Å². The summed E-state index contributed by atoms with van der Waals surface area (Å²) in [4.78, 5) is 0. The molecule has 2 atom stereocenters. The van der Waals surface area contributed by atoms with E-state index in [1.807, 2.05) is 13.8 Å². The minimum atomic E-state index is -4.07. The van der Waals surface area contributed by atoms with Gasteiger partial charge in [0.2, 0.25) is 0 Å². The van der Waals surface area contributed by atoms with Gasteiger partial charge in [0, 0.05) is 19.6 Å². The molecular formula is C10H20F3NO. The molecule has 0 aliphatic rings. The topological polar surface area (TPSA) is 21.3 Å². The summed E-state index contributed by atoms with van der Waals surface area (Å²) in [5.41, 5.74) is 0. The molecule has 0 saturated heterocycles. The van der Waals surface area contributed by atoms with Crippen molar-refractivity contribution in [3.8, 4) is 0 Å². The van der Waals surface area contributed by atoms with E-state index in [2.05, 4.69) is 5.32 Å². The van der Waals surface area contributed by atoms with Crippen molar-refractivity contribution in [3.05, 3.63) is 0 Å². The van der Waals surface area contributed by atoms with Gasteiger partial charge in [-0.2, -0.15) is 13.2 Å². The molecule has 0 aromatic rings. The molecule has 0 spiro atoms. The molecule has 0 rings (SSSR count). The predicted molar refractivity (Wildman–Crippen MR) is 53.8 cm³/mol. The van der Waals surface area contributed by atoms with E-state index in [1.165, 1.54) is 0 Å². The maximum absolute atomic E-state index is 12.0. The first kappa shape index (κ1) is 14.7. The summed E-state index contributed by atoms with van der Waals surface area (Å²) in [5, 5.41) is 3.04. The quantitative estimate of drug-likeness (QED) is 0.722. The SMILES string of the molecule is CCNC(CCC(F)(F)F)CC(C)OC. The van der Waals surface area contributed by atoms with Gasteiger partial charge in [-0.05, 0) is 26.3 Å². The Balaban J connectivity index is 3.93. The summed E-state index contributed by atoms with van der Waals surface area (Å²) >= 11 is 0. The zero-order valence-electron chi connectivity index (χ0n) is 9.53. The van der Waals surface area contributed by atoms with Gasteiger partial charge in [-0.25, -0.2) is 0 Å². The third-order valence-electron chi connectivity index (χ3n) is 2.29. The van der Waals surface area contributed by atoms with Gasteiger partial charge in [0.15, 0.2) is 0 Å². The summed E-state index contributed by atoms with van der Waals surface area (Å²) in [6.07, 6.45) is -4.08. The number of alkyl halides is 3. The molecule has 0 aromatic heterocycles. The fraction of sp³-hybridized carbons (Fsp3) is 1.00. The lowest BCUT2D eigenvalue weighted by Gasteiger charge is -2.21. The molecular weight excluding hydrogens is 207 g/mol. The number of nitrogens with one attached hydrogen (secondary N) is 1. The average Bonchev–Trinajstić information content (AvgIpc) is 2.13. The first-order chi connectivity index (χ1) is 6.89. The highest BCUT2D eigenvalue weighted by molar-refractivity contribution is 4.71. The molecule has 0 fully saturated rings. The van der Waals surface area contributed by atoms with Crippen LogP contribution >= 0.6 is 0 Å². The lowest BCUT2D eigenvalue weighted by Crippen LogP contribution is -2.33. The zero-order chi connectivity index (χ0) is 11.9. The Morgan fingerprint density at radius 3 is 2.33 bits per heavy atom. The monoisotopic (exact) mass is 227 g/mol. The number of ether oxygens (including phenoxy) is 1. The van der Waals surface area contributed by atoms with Crippen LogP contribution in [0.2, 0.25) is 0 Å². The smallest absolute Gasteiger partial charge is 0.382 e. The lowest BCUT2D eigenvalue weighted by molar-refractivity contribution is -0.137. The first-order valence-electron chi connectivity index (χ1n) is 5.22. The summed E-state index contributed by atoms with van der Waals surface area (Å²) in [5.74, 6) is 0. The number of methoxy groups -OCH3 is 1. The summed E-state index contributed by atoms with van der Waals surface area (Å²) < 4.78 is 41.1. The van der Waals surface area contributed by atoms with Crippen LogP contribution in [0, 0.1) is 0 Å². The summed E-state index contributed by atoms with van der Waals surface area (Å²) in [7, 11) is 1.57. The van der Waals surface area contributed by atoms with Gasteiger partial charge in [-0.3, -0.25) is 0 Å². The Bertz CT molecular complexity index is 161. The van der Waals surface area contributed by atoms with Crippen LogP contribution in [0.25, 0.3) is 0 Å². The average molecular weight is 227 g/mol. The van der Waals surface area contributed by atoms with Crippen LogP contribution in [-0.2, 0) is 4.74 Å². The second-order valence-corrected chi connectivity index (χ2v) is 3.69. The Labute approximate surface area is 89.2 Å². The van der Waals surface area contributed by atoms with Gasteiger partial charge in [-0.1, -0.05) is 6.92 Å². The molecule has 15 heavy (non-hydrogen) atoms. The van der Waals surface area contributed by atoms with Crippen molar-refractivity contribution in [2.75, 3.05) is 13.7 Å². The molecule has 0 aliphatic carbocycles. The second kappa shape index (κ2) is 7.06. The van der Waals surface area contributed by atoms with E-state index in [1.54, 1.807) is 7.11 Å². The molecule has 2 nitrogen and oxygen atoms in total. The molecule has 0 heterocycles. The zero-order valence-corrected chi connectivity index (χ0v) is 9.53. The molecule has 0 amide bonds. The standard InChI is InChI=1S/C10H20F3NO/c1-4-14-9(7-8(2)15-3)5-6-10(11,12)13/h8-9,14H,4-7H2,1-3H3. The molecule has 0 bridgehead atoms. The van der Waals surface area contributed by atoms with Crippen molar-refractivity contribution in [2.24, 2.45) is 0 Å². The molecule has 0 aromatic carbocycles. The highest BCUT2D eigenvalue weighted by Crippen LogP contribution is 2.23. The van der Waals surface area contributed by atoms with Crippen molar-refractivity contribution in [3.63, 3.8) is 0 Å². The van der Waals surface area contributed by atoms with E-state index in [0.29, 0.717) is 13.0 Å². The van der Waals surface area contributed by atoms with Gasteiger partial charge in [0.1, 0.15) is 0 Å². The fourth-order valence-corrected chi connectivity index (χ4v) is 1.43. The van der Waals surface area contributed by atoms with E-state index in [9.17, 15) is 13.2 Å². The van der Waals surface area contributed by atoms with Crippen molar-refractivity contribution >= 4 is 0 Å². The van der Waals surface area contributed by atoms with Crippen LogP contribution in [0.1, 0.15) is 33.1 Å². The number of halogens is 3. The molecule has 0 saturated carbocycles. The number of hydrogen-bond acceptors (Lipinski definition) is 2. The Kier molecular flexibility index (Phi) is 6.92. The summed E-state index contributed by atoms with van der Waals surface area (Å²) in [6, 6.07) is -0.119.